The largest absolute Gasteiger partial charge is 0.462 e. The topological polar surface area (TPSA) is 89.9 Å². The number of nitrogens with zero attached hydrogens (tertiary/aromatic N) is 3. The first-order valence-electron chi connectivity index (χ1n) is 10.9. The van der Waals surface area contributed by atoms with Gasteiger partial charge in [0.05, 0.1) is 17.2 Å². The summed E-state index contributed by atoms with van der Waals surface area (Å²) in [6, 6.07) is 18.8. The number of nitrogens with one attached hydrogen (secondary N) is 1. The minimum Gasteiger partial charge on any atom is -0.462 e. The van der Waals surface area contributed by atoms with Gasteiger partial charge in [-0.3, -0.25) is 9.36 Å². The predicted molar refractivity (Wildman–Crippen MR) is 141 cm³/mol. The quantitative estimate of drug-likeness (QED) is 0.255. The fourth-order valence-electron chi connectivity index (χ4n) is 3.78. The average molecular weight is 540 g/mol. The number of aromatic amines is 1. The Kier molecular flexibility index (Phi) is 6.53. The van der Waals surface area contributed by atoms with Crippen molar-refractivity contribution in [2.24, 2.45) is 0 Å². The molecule has 5 aromatic rings. The molecule has 0 amide bonds. The van der Waals surface area contributed by atoms with E-state index in [1.165, 1.54) is 0 Å². The summed E-state index contributed by atoms with van der Waals surface area (Å²) in [5, 5.41) is 1.37. The van der Waals surface area contributed by atoms with E-state index in [1.807, 2.05) is 0 Å². The molecular weight excluding hydrogens is 523 g/mol. The molecule has 3 aromatic carbocycles. The number of imidazole rings is 1. The summed E-state index contributed by atoms with van der Waals surface area (Å²) in [5.74, 6) is 0.315. The third kappa shape index (κ3) is 4.48. The Labute approximate surface area is 220 Å². The summed E-state index contributed by atoms with van der Waals surface area (Å²) in [7, 11) is 0. The maximum absolute atomic E-state index is 13.1. The van der Waals surface area contributed by atoms with Crippen LogP contribution in [-0.4, -0.2) is 32.1 Å². The lowest BCUT2D eigenvalue weighted by Crippen LogP contribution is -2.11. The van der Waals surface area contributed by atoms with E-state index in [1.54, 1.807) is 78.2 Å². The molecule has 0 bridgehead atoms. The minimum absolute atomic E-state index is 0.142. The third-order valence-corrected chi connectivity index (χ3v) is 6.24. The van der Waals surface area contributed by atoms with Crippen molar-refractivity contribution >= 4 is 51.9 Å². The first kappa shape index (κ1) is 24.1. The van der Waals surface area contributed by atoms with Crippen molar-refractivity contribution in [3.63, 3.8) is 0 Å². The zero-order valence-electron chi connectivity index (χ0n) is 18.8. The van der Waals surface area contributed by atoms with Crippen LogP contribution in [0.5, 0.6) is 0 Å². The highest BCUT2D eigenvalue weighted by molar-refractivity contribution is 6.36. The van der Waals surface area contributed by atoms with Crippen LogP contribution in [0.1, 0.15) is 17.3 Å². The molecule has 0 atom stereocenters. The molecule has 0 saturated heterocycles. The monoisotopic (exact) mass is 538 g/mol. The summed E-state index contributed by atoms with van der Waals surface area (Å²) in [6.45, 7) is 2.02. The minimum atomic E-state index is -0.432. The van der Waals surface area contributed by atoms with E-state index in [4.69, 9.17) is 44.5 Å². The Balaban J connectivity index is 1.76. The van der Waals surface area contributed by atoms with Crippen molar-refractivity contribution in [3.8, 4) is 28.5 Å². The molecule has 10 heteroatoms. The van der Waals surface area contributed by atoms with Gasteiger partial charge in [0.15, 0.2) is 11.2 Å². The predicted octanol–water partition coefficient (Wildman–Crippen LogP) is 6.58. The molecule has 0 aliphatic carbocycles. The highest BCUT2D eigenvalue weighted by atomic mass is 35.5. The number of aromatic nitrogens is 4. The molecule has 0 aliphatic rings. The second kappa shape index (κ2) is 9.78. The third-order valence-electron chi connectivity index (χ3n) is 5.44. The highest BCUT2D eigenvalue weighted by Gasteiger charge is 2.20. The number of ether oxygens (including phenoxy) is 1. The number of H-pyrrole nitrogens is 1. The van der Waals surface area contributed by atoms with E-state index < -0.39 is 11.5 Å². The molecule has 2 heterocycles. The second-order valence-corrected chi connectivity index (χ2v) is 9.04. The number of rotatable bonds is 5. The van der Waals surface area contributed by atoms with Crippen molar-refractivity contribution < 1.29 is 9.53 Å². The number of carbonyl (C=O) groups is 1. The molecule has 5 rings (SSSR count). The van der Waals surface area contributed by atoms with Gasteiger partial charge in [0.25, 0.3) is 5.56 Å². The van der Waals surface area contributed by atoms with Crippen molar-refractivity contribution in [2.45, 2.75) is 6.92 Å². The van der Waals surface area contributed by atoms with Gasteiger partial charge in [0.1, 0.15) is 11.6 Å². The van der Waals surface area contributed by atoms with Gasteiger partial charge in [-0.15, -0.1) is 0 Å². The van der Waals surface area contributed by atoms with Crippen LogP contribution >= 0.6 is 34.8 Å². The van der Waals surface area contributed by atoms with E-state index in [-0.39, 0.29) is 17.9 Å². The van der Waals surface area contributed by atoms with E-state index >= 15 is 0 Å². The van der Waals surface area contributed by atoms with Crippen LogP contribution in [0.15, 0.2) is 71.5 Å². The van der Waals surface area contributed by atoms with E-state index in [0.717, 1.165) is 5.56 Å². The molecule has 2 aromatic heterocycles. The van der Waals surface area contributed by atoms with Gasteiger partial charge in [-0.05, 0) is 73.7 Å². The lowest BCUT2D eigenvalue weighted by Gasteiger charge is -2.11. The lowest BCUT2D eigenvalue weighted by molar-refractivity contribution is 0.0526. The van der Waals surface area contributed by atoms with Gasteiger partial charge >= 0.3 is 5.97 Å². The van der Waals surface area contributed by atoms with E-state index in [0.29, 0.717) is 43.4 Å². The van der Waals surface area contributed by atoms with Gasteiger partial charge in [0.2, 0.25) is 0 Å². The first-order valence-corrected chi connectivity index (χ1v) is 12.0. The van der Waals surface area contributed by atoms with Gasteiger partial charge in [-0.2, -0.15) is 0 Å². The molecule has 180 valence electrons. The Bertz CT molecular complexity index is 1660. The van der Waals surface area contributed by atoms with Gasteiger partial charge in [0, 0.05) is 26.9 Å². The summed E-state index contributed by atoms with van der Waals surface area (Å²) in [6.07, 6.45) is 0. The molecule has 7 nitrogen and oxygen atoms in total. The number of halogens is 3. The molecular formula is C26H17Cl3N4O3. The van der Waals surface area contributed by atoms with Crippen LogP contribution in [0.3, 0.4) is 0 Å². The average Bonchev–Trinajstić information content (AvgIpc) is 3.25. The molecule has 0 saturated carbocycles. The number of hydrogen-bond acceptors (Lipinski definition) is 5. The highest BCUT2D eigenvalue weighted by Crippen LogP contribution is 2.31. The van der Waals surface area contributed by atoms with Gasteiger partial charge in [-0.25, -0.2) is 14.8 Å². The van der Waals surface area contributed by atoms with Crippen LogP contribution in [0, 0.1) is 0 Å². The number of hydrogen-bond donors (Lipinski definition) is 1. The van der Waals surface area contributed by atoms with Crippen molar-refractivity contribution in [3.05, 3.63) is 97.7 Å². The van der Waals surface area contributed by atoms with Crippen LogP contribution < -0.4 is 5.56 Å². The number of fused-ring (bicyclic) bond motifs is 1. The van der Waals surface area contributed by atoms with Gasteiger partial charge in [-0.1, -0.05) is 34.8 Å². The van der Waals surface area contributed by atoms with Crippen molar-refractivity contribution in [2.75, 3.05) is 6.61 Å². The zero-order valence-corrected chi connectivity index (χ0v) is 21.0. The van der Waals surface area contributed by atoms with Crippen LogP contribution in [0.4, 0.5) is 0 Å². The molecule has 0 fully saturated rings. The summed E-state index contributed by atoms with van der Waals surface area (Å²) < 4.78 is 6.83. The Morgan fingerprint density at radius 1 is 0.944 bits per heavy atom. The number of benzene rings is 3. The lowest BCUT2D eigenvalue weighted by atomic mass is 10.2. The first-order chi connectivity index (χ1) is 17.4. The fraction of sp³-hybridized carbons (Fsp3) is 0.0769. The van der Waals surface area contributed by atoms with Crippen molar-refractivity contribution in [1.82, 2.24) is 19.5 Å². The number of carbonyl (C=O) groups excluding carboxylic acids is 1. The maximum Gasteiger partial charge on any atom is 0.338 e. The maximum atomic E-state index is 13.1. The van der Waals surface area contributed by atoms with E-state index in [9.17, 15) is 9.59 Å². The molecule has 36 heavy (non-hydrogen) atoms. The molecule has 0 unspecified atom stereocenters. The smallest absolute Gasteiger partial charge is 0.338 e. The Hall–Kier alpha value is -3.65. The van der Waals surface area contributed by atoms with Gasteiger partial charge < -0.3 is 9.72 Å². The SMILES string of the molecule is CCOC(=O)c1ccc(-n2c(-c3ccc(Cl)cc3)nc3c(=O)[nH]c(-c4ccc(Cl)cc4Cl)nc32)cc1. The Morgan fingerprint density at radius 2 is 1.64 bits per heavy atom. The molecule has 0 aliphatic heterocycles. The fourth-order valence-corrected chi connectivity index (χ4v) is 4.40. The normalized spacial score (nSPS) is 11.1. The Morgan fingerprint density at radius 3 is 2.31 bits per heavy atom. The molecule has 0 spiro atoms. The van der Waals surface area contributed by atoms with Crippen LogP contribution in [0.25, 0.3) is 39.6 Å². The molecule has 1 N–H and O–H groups in total. The summed E-state index contributed by atoms with van der Waals surface area (Å²) in [4.78, 5) is 37.4. The van der Waals surface area contributed by atoms with E-state index in [2.05, 4.69) is 9.97 Å². The van der Waals surface area contributed by atoms with Crippen LogP contribution in [0.2, 0.25) is 15.1 Å². The summed E-state index contributed by atoms with van der Waals surface area (Å²) >= 11 is 18.5. The van der Waals surface area contributed by atoms with Crippen LogP contribution in [-0.2, 0) is 4.74 Å². The van der Waals surface area contributed by atoms with Crippen molar-refractivity contribution in [1.29, 1.82) is 0 Å². The molecule has 0 radical (unpaired) electrons. The second-order valence-electron chi connectivity index (χ2n) is 7.76. The number of esters is 1. The zero-order chi connectivity index (χ0) is 25.4. The summed E-state index contributed by atoms with van der Waals surface area (Å²) in [5.41, 5.74) is 2.30. The standard InChI is InChI=1S/C26H17Cl3N4O3/c1-2-36-26(35)15-5-10-18(11-6-15)33-23(14-3-7-16(27)8-4-14)30-21-24(33)31-22(32-25(21)34)19-12-9-17(28)13-20(19)29/h3-13H,2H2,1H3,(H,31,32,34).